The number of nitrogens with one attached hydrogen (secondary N) is 1. The normalized spacial score (nSPS) is 24.1. The molecule has 1 N–H and O–H groups in total. The number of benzene rings is 1. The summed E-state index contributed by atoms with van der Waals surface area (Å²) in [7, 11) is 1.35. The molecule has 7 heteroatoms. The van der Waals surface area contributed by atoms with Crippen molar-refractivity contribution in [3.8, 4) is 0 Å². The Kier molecular flexibility index (Phi) is 5.22. The van der Waals surface area contributed by atoms with Crippen molar-refractivity contribution in [1.82, 2.24) is 9.88 Å². The third kappa shape index (κ3) is 4.04. The molecule has 1 amide bonds. The molecule has 2 bridgehead atoms. The lowest BCUT2D eigenvalue weighted by atomic mass is 9.61. The van der Waals surface area contributed by atoms with Crippen LogP contribution in [-0.2, 0) is 27.3 Å². The van der Waals surface area contributed by atoms with Gasteiger partial charge in [0.2, 0.25) is 5.91 Å². The van der Waals surface area contributed by atoms with Crippen LogP contribution >= 0.6 is 11.3 Å². The Morgan fingerprint density at radius 1 is 1.26 bits per heavy atom. The van der Waals surface area contributed by atoms with Crippen LogP contribution in [0.25, 0.3) is 0 Å². The number of thiazole rings is 1. The minimum absolute atomic E-state index is 0.0644. The predicted octanol–water partition coefficient (Wildman–Crippen LogP) is 2.57. The van der Waals surface area contributed by atoms with Gasteiger partial charge in [-0.25, -0.2) is 4.98 Å². The average Bonchev–Trinajstić information content (AvgIpc) is 3.09. The Labute approximate surface area is 162 Å². The molecule has 3 aliphatic rings. The van der Waals surface area contributed by atoms with Crippen LogP contribution in [0.5, 0.6) is 0 Å². The largest absolute Gasteiger partial charge is 0.469 e. The first kappa shape index (κ1) is 18.1. The van der Waals surface area contributed by atoms with Crippen molar-refractivity contribution < 1.29 is 14.3 Å². The van der Waals surface area contributed by atoms with E-state index in [9.17, 15) is 9.59 Å². The van der Waals surface area contributed by atoms with Gasteiger partial charge in [-0.15, -0.1) is 11.3 Å². The van der Waals surface area contributed by atoms with E-state index in [1.807, 2.05) is 6.07 Å². The molecule has 6 nitrogen and oxygen atoms in total. The standard InChI is InChI=1S/C20H23N3O3S/c1-26-17(24)8-16-12-27-20(21-16)22-19(25)18-14-7-15(18)11-23(10-14)9-13-5-3-2-4-6-13/h2-6,12,14-15,18H,7-11H2,1H3,(H,21,22,25). The first-order valence-corrected chi connectivity index (χ1v) is 10.1. The fourth-order valence-corrected chi connectivity index (χ4v) is 4.95. The molecular formula is C20H23N3O3S. The molecule has 1 aliphatic carbocycles. The molecule has 1 saturated carbocycles. The molecule has 2 unspecified atom stereocenters. The van der Waals surface area contributed by atoms with Gasteiger partial charge in [0.1, 0.15) is 0 Å². The highest BCUT2D eigenvalue weighted by Gasteiger charge is 2.50. The fourth-order valence-electron chi connectivity index (χ4n) is 4.24. The van der Waals surface area contributed by atoms with E-state index in [0.29, 0.717) is 22.7 Å². The van der Waals surface area contributed by atoms with E-state index in [4.69, 9.17) is 0 Å². The van der Waals surface area contributed by atoms with Gasteiger partial charge in [0.25, 0.3) is 0 Å². The van der Waals surface area contributed by atoms with E-state index in [0.717, 1.165) is 26.1 Å². The molecule has 1 aromatic heterocycles. The van der Waals surface area contributed by atoms with Gasteiger partial charge < -0.3 is 10.1 Å². The highest BCUT2D eigenvalue weighted by molar-refractivity contribution is 7.13. The fraction of sp³-hybridized carbons (Fsp3) is 0.450. The molecule has 1 aromatic carbocycles. The number of amides is 1. The lowest BCUT2D eigenvalue weighted by molar-refractivity contribution is -0.140. The molecule has 5 rings (SSSR count). The van der Waals surface area contributed by atoms with E-state index in [2.05, 4.69) is 44.2 Å². The van der Waals surface area contributed by atoms with Gasteiger partial charge in [-0.2, -0.15) is 0 Å². The minimum atomic E-state index is -0.329. The van der Waals surface area contributed by atoms with Crippen LogP contribution in [0.4, 0.5) is 5.13 Å². The quantitative estimate of drug-likeness (QED) is 0.774. The maximum absolute atomic E-state index is 12.7. The third-order valence-corrected chi connectivity index (χ3v) is 6.30. The van der Waals surface area contributed by atoms with E-state index < -0.39 is 0 Å². The molecule has 142 valence electrons. The number of esters is 1. The Hall–Kier alpha value is -2.25. The van der Waals surface area contributed by atoms with E-state index in [1.54, 1.807) is 5.38 Å². The predicted molar refractivity (Wildman–Crippen MR) is 103 cm³/mol. The number of ether oxygens (including phenoxy) is 1. The zero-order valence-corrected chi connectivity index (χ0v) is 16.1. The molecule has 27 heavy (non-hydrogen) atoms. The van der Waals surface area contributed by atoms with Gasteiger partial charge >= 0.3 is 5.97 Å². The van der Waals surface area contributed by atoms with Crippen LogP contribution in [0.3, 0.4) is 0 Å². The zero-order valence-electron chi connectivity index (χ0n) is 15.3. The van der Waals surface area contributed by atoms with Gasteiger partial charge in [0.15, 0.2) is 5.13 Å². The van der Waals surface area contributed by atoms with Crippen LogP contribution in [0.15, 0.2) is 35.7 Å². The molecule has 0 radical (unpaired) electrons. The molecule has 2 atom stereocenters. The second-order valence-corrected chi connectivity index (χ2v) is 8.21. The summed E-state index contributed by atoms with van der Waals surface area (Å²) < 4.78 is 4.65. The second kappa shape index (κ2) is 7.78. The number of methoxy groups -OCH3 is 1. The van der Waals surface area contributed by atoms with E-state index in [-0.39, 0.29) is 24.2 Å². The third-order valence-electron chi connectivity index (χ3n) is 5.49. The van der Waals surface area contributed by atoms with Crippen LogP contribution in [0, 0.1) is 17.8 Å². The lowest BCUT2D eigenvalue weighted by Crippen LogP contribution is -2.58. The van der Waals surface area contributed by atoms with Crippen molar-refractivity contribution in [2.45, 2.75) is 19.4 Å². The number of hydrogen-bond acceptors (Lipinski definition) is 6. The van der Waals surface area contributed by atoms with E-state index >= 15 is 0 Å². The highest BCUT2D eigenvalue weighted by Crippen LogP contribution is 2.46. The Morgan fingerprint density at radius 2 is 2.00 bits per heavy atom. The number of rotatable bonds is 6. The van der Waals surface area contributed by atoms with Crippen molar-refractivity contribution in [3.05, 3.63) is 47.0 Å². The van der Waals surface area contributed by atoms with Crippen LogP contribution in [0.2, 0.25) is 0 Å². The molecule has 3 heterocycles. The molecule has 2 aliphatic heterocycles. The van der Waals surface area contributed by atoms with E-state index in [1.165, 1.54) is 24.0 Å². The first-order valence-electron chi connectivity index (χ1n) is 9.20. The van der Waals surface area contributed by atoms with Gasteiger partial charge in [-0.05, 0) is 23.8 Å². The summed E-state index contributed by atoms with van der Waals surface area (Å²) in [6.07, 6.45) is 1.26. The van der Waals surface area contributed by atoms with Crippen molar-refractivity contribution in [2.24, 2.45) is 17.8 Å². The number of anilines is 1. The second-order valence-electron chi connectivity index (χ2n) is 7.35. The lowest BCUT2D eigenvalue weighted by Gasteiger charge is -2.52. The summed E-state index contributed by atoms with van der Waals surface area (Å²) in [6.45, 7) is 2.88. The summed E-state index contributed by atoms with van der Waals surface area (Å²) >= 11 is 1.35. The Morgan fingerprint density at radius 3 is 2.70 bits per heavy atom. The zero-order chi connectivity index (χ0) is 18.8. The molecule has 2 aromatic rings. The van der Waals surface area contributed by atoms with Crippen molar-refractivity contribution in [2.75, 3.05) is 25.5 Å². The van der Waals surface area contributed by atoms with Gasteiger partial charge in [0, 0.05) is 30.9 Å². The number of hydrogen-bond donors (Lipinski definition) is 1. The number of carbonyl (C=O) groups is 2. The summed E-state index contributed by atoms with van der Waals surface area (Å²) in [4.78, 5) is 30.8. The number of piperidine rings is 2. The van der Waals surface area contributed by atoms with Crippen molar-refractivity contribution in [1.29, 1.82) is 0 Å². The minimum Gasteiger partial charge on any atom is -0.469 e. The topological polar surface area (TPSA) is 71.5 Å². The van der Waals surface area contributed by atoms with Crippen LogP contribution < -0.4 is 5.32 Å². The summed E-state index contributed by atoms with van der Waals surface area (Å²) in [5, 5.41) is 5.29. The molecule has 3 fully saturated rings. The number of fused-ring (bicyclic) bond motifs is 2. The Balaban J connectivity index is 1.30. The molecular weight excluding hydrogens is 362 g/mol. The van der Waals surface area contributed by atoms with Crippen molar-refractivity contribution >= 4 is 28.3 Å². The molecule has 2 saturated heterocycles. The van der Waals surface area contributed by atoms with Gasteiger partial charge in [-0.3, -0.25) is 14.5 Å². The SMILES string of the molecule is COC(=O)Cc1csc(NC(=O)C2C3CC2CN(Cc2ccccc2)C3)n1. The summed E-state index contributed by atoms with van der Waals surface area (Å²) in [5.41, 5.74) is 1.95. The first-order chi connectivity index (χ1) is 13.1. The average molecular weight is 385 g/mol. The highest BCUT2D eigenvalue weighted by atomic mass is 32.1. The Bertz CT molecular complexity index is 811. The smallest absolute Gasteiger partial charge is 0.311 e. The van der Waals surface area contributed by atoms with Gasteiger partial charge in [0.05, 0.1) is 19.2 Å². The number of aromatic nitrogens is 1. The summed E-state index contributed by atoms with van der Waals surface area (Å²) in [5.74, 6) is 0.647. The number of nitrogens with zero attached hydrogens (tertiary/aromatic N) is 2. The van der Waals surface area contributed by atoms with Crippen LogP contribution in [-0.4, -0.2) is 42.0 Å². The van der Waals surface area contributed by atoms with Gasteiger partial charge in [-0.1, -0.05) is 30.3 Å². The molecule has 0 spiro atoms. The maximum atomic E-state index is 12.7. The monoisotopic (exact) mass is 385 g/mol. The summed E-state index contributed by atoms with van der Waals surface area (Å²) in [6, 6.07) is 10.5. The van der Waals surface area contributed by atoms with Crippen LogP contribution in [0.1, 0.15) is 17.7 Å². The maximum Gasteiger partial charge on any atom is 0.311 e. The number of carbonyl (C=O) groups excluding carboxylic acids is 2. The van der Waals surface area contributed by atoms with Crippen molar-refractivity contribution in [3.63, 3.8) is 0 Å².